The zero-order chi connectivity index (χ0) is 17.4. The van der Waals surface area contributed by atoms with Crippen LogP contribution in [0.4, 0.5) is 5.69 Å². The quantitative estimate of drug-likeness (QED) is 0.817. The highest BCUT2D eigenvalue weighted by Gasteiger charge is 2.31. The first kappa shape index (κ1) is 16.4. The fraction of sp³-hybridized carbons (Fsp3) is 0.316. The topological polar surface area (TPSA) is 67.8 Å². The van der Waals surface area contributed by atoms with Gasteiger partial charge in [0.15, 0.2) is 11.5 Å². The molecule has 2 aliphatic rings. The van der Waals surface area contributed by atoms with E-state index in [0.717, 1.165) is 22.9 Å². The monoisotopic (exact) mass is 403 g/mol. The van der Waals surface area contributed by atoms with Crippen molar-refractivity contribution in [3.63, 3.8) is 0 Å². The minimum absolute atomic E-state index is 0.0130. The first-order valence-corrected chi connectivity index (χ1v) is 9.09. The van der Waals surface area contributed by atoms with Crippen molar-refractivity contribution in [3.8, 4) is 11.5 Å². The van der Waals surface area contributed by atoms with Gasteiger partial charge in [-0.15, -0.1) is 0 Å². The second-order valence-corrected chi connectivity index (χ2v) is 7.22. The molecule has 0 radical (unpaired) electrons. The molecule has 1 aliphatic heterocycles. The first-order chi connectivity index (χ1) is 12.1. The van der Waals surface area contributed by atoms with Crippen molar-refractivity contribution in [2.75, 3.05) is 18.5 Å². The van der Waals surface area contributed by atoms with Crippen molar-refractivity contribution < 1.29 is 19.4 Å². The van der Waals surface area contributed by atoms with Gasteiger partial charge in [0.2, 0.25) is 5.91 Å². The van der Waals surface area contributed by atoms with Gasteiger partial charge in [0.25, 0.3) is 0 Å². The van der Waals surface area contributed by atoms with Crippen molar-refractivity contribution in [1.29, 1.82) is 0 Å². The summed E-state index contributed by atoms with van der Waals surface area (Å²) in [4.78, 5) is 12.2. The molecule has 1 heterocycles. The Morgan fingerprint density at radius 2 is 1.76 bits per heavy atom. The lowest BCUT2D eigenvalue weighted by molar-refractivity contribution is -0.117. The maximum Gasteiger partial charge on any atom is 0.227 e. The number of halogens is 1. The SMILES string of the molecule is O=C(Nc1cc2c(cc1[C@H](O)c1ccc(Br)cc1)OCCO2)C1CC1. The van der Waals surface area contributed by atoms with E-state index in [-0.39, 0.29) is 11.8 Å². The van der Waals surface area contributed by atoms with Gasteiger partial charge in [-0.05, 0) is 36.6 Å². The number of carbonyl (C=O) groups excluding carboxylic acids is 1. The predicted molar refractivity (Wildman–Crippen MR) is 97.0 cm³/mol. The minimum Gasteiger partial charge on any atom is -0.486 e. The second kappa shape index (κ2) is 6.69. The normalized spacial score (nSPS) is 17.0. The summed E-state index contributed by atoms with van der Waals surface area (Å²) in [5.74, 6) is 1.23. The van der Waals surface area contributed by atoms with Crippen molar-refractivity contribution >= 4 is 27.5 Å². The number of aliphatic hydroxyl groups is 1. The third-order valence-corrected chi connectivity index (χ3v) is 4.93. The van der Waals surface area contributed by atoms with Crippen LogP contribution in [0.25, 0.3) is 0 Å². The van der Waals surface area contributed by atoms with E-state index in [4.69, 9.17) is 9.47 Å². The molecule has 1 amide bonds. The molecular weight excluding hydrogens is 386 g/mol. The molecule has 2 aromatic carbocycles. The average molecular weight is 404 g/mol. The lowest BCUT2D eigenvalue weighted by atomic mass is 9.99. The molecule has 1 aliphatic carbocycles. The summed E-state index contributed by atoms with van der Waals surface area (Å²) in [6.07, 6.45) is 0.959. The molecule has 1 saturated carbocycles. The fourth-order valence-electron chi connectivity index (χ4n) is 2.84. The van der Waals surface area contributed by atoms with Crippen LogP contribution >= 0.6 is 15.9 Å². The van der Waals surface area contributed by atoms with E-state index in [2.05, 4.69) is 21.2 Å². The van der Waals surface area contributed by atoms with Crippen LogP contribution in [0.1, 0.15) is 30.1 Å². The number of fused-ring (bicyclic) bond motifs is 1. The Labute approximate surface area is 154 Å². The highest BCUT2D eigenvalue weighted by Crippen LogP contribution is 2.40. The molecule has 4 rings (SSSR count). The van der Waals surface area contributed by atoms with E-state index < -0.39 is 6.10 Å². The Bertz CT molecular complexity index is 802. The highest BCUT2D eigenvalue weighted by atomic mass is 79.9. The van der Waals surface area contributed by atoms with Crippen molar-refractivity contribution in [2.24, 2.45) is 5.92 Å². The third kappa shape index (κ3) is 3.50. The summed E-state index contributed by atoms with van der Waals surface area (Å²) < 4.78 is 12.2. The number of ether oxygens (including phenoxy) is 2. The smallest absolute Gasteiger partial charge is 0.227 e. The summed E-state index contributed by atoms with van der Waals surface area (Å²) in [7, 11) is 0. The zero-order valence-electron chi connectivity index (χ0n) is 13.5. The van der Waals surface area contributed by atoms with Gasteiger partial charge in [-0.3, -0.25) is 4.79 Å². The molecule has 5 nitrogen and oxygen atoms in total. The molecule has 25 heavy (non-hydrogen) atoms. The number of carbonyl (C=O) groups is 1. The molecule has 1 atom stereocenters. The Balaban J connectivity index is 1.72. The largest absolute Gasteiger partial charge is 0.486 e. The third-order valence-electron chi connectivity index (χ3n) is 4.40. The van der Waals surface area contributed by atoms with Gasteiger partial charge >= 0.3 is 0 Å². The number of benzene rings is 2. The van der Waals surface area contributed by atoms with Gasteiger partial charge in [0.1, 0.15) is 19.3 Å². The van der Waals surface area contributed by atoms with Gasteiger partial charge in [0.05, 0.1) is 5.69 Å². The number of aliphatic hydroxyl groups excluding tert-OH is 1. The average Bonchev–Trinajstić information content (AvgIpc) is 3.46. The maximum atomic E-state index is 12.2. The van der Waals surface area contributed by atoms with Crippen molar-refractivity contribution in [1.82, 2.24) is 0 Å². The summed E-state index contributed by atoms with van der Waals surface area (Å²) >= 11 is 3.40. The Kier molecular flexibility index (Phi) is 4.39. The van der Waals surface area contributed by atoms with Gasteiger partial charge in [-0.1, -0.05) is 28.1 Å². The molecule has 2 aromatic rings. The van der Waals surface area contributed by atoms with E-state index in [1.54, 1.807) is 12.1 Å². The molecule has 0 spiro atoms. The Hall–Kier alpha value is -2.05. The molecule has 1 fully saturated rings. The minimum atomic E-state index is -0.876. The van der Waals surface area contributed by atoms with Crippen LogP contribution in [0.3, 0.4) is 0 Å². The summed E-state index contributed by atoms with van der Waals surface area (Å²) in [5, 5.41) is 13.8. The number of hydrogen-bond donors (Lipinski definition) is 2. The van der Waals surface area contributed by atoms with Crippen LogP contribution in [0.5, 0.6) is 11.5 Å². The number of anilines is 1. The van der Waals surface area contributed by atoms with Crippen LogP contribution in [-0.4, -0.2) is 24.2 Å². The Morgan fingerprint density at radius 3 is 2.40 bits per heavy atom. The maximum absolute atomic E-state index is 12.2. The van der Waals surface area contributed by atoms with E-state index in [9.17, 15) is 9.90 Å². The molecule has 0 bridgehead atoms. The van der Waals surface area contributed by atoms with Crippen molar-refractivity contribution in [3.05, 3.63) is 52.0 Å². The van der Waals surface area contributed by atoms with E-state index in [1.165, 1.54) is 0 Å². The van der Waals surface area contributed by atoms with Gasteiger partial charge in [-0.2, -0.15) is 0 Å². The molecule has 0 saturated heterocycles. The number of nitrogens with one attached hydrogen (secondary N) is 1. The fourth-order valence-corrected chi connectivity index (χ4v) is 3.11. The van der Waals surface area contributed by atoms with Crippen LogP contribution in [0.2, 0.25) is 0 Å². The van der Waals surface area contributed by atoms with Crippen LogP contribution in [0.15, 0.2) is 40.9 Å². The number of rotatable bonds is 4. The lowest BCUT2D eigenvalue weighted by Gasteiger charge is -2.23. The van der Waals surface area contributed by atoms with E-state index >= 15 is 0 Å². The second-order valence-electron chi connectivity index (χ2n) is 6.30. The summed E-state index contributed by atoms with van der Waals surface area (Å²) in [6, 6.07) is 10.9. The molecular formula is C19H18BrNO4. The number of hydrogen-bond acceptors (Lipinski definition) is 4. The molecule has 0 unspecified atom stereocenters. The molecule has 0 aromatic heterocycles. The van der Waals surface area contributed by atoms with Crippen LogP contribution in [0, 0.1) is 5.92 Å². The van der Waals surface area contributed by atoms with E-state index in [0.29, 0.717) is 36.0 Å². The van der Waals surface area contributed by atoms with Crippen LogP contribution < -0.4 is 14.8 Å². The van der Waals surface area contributed by atoms with Gasteiger partial charge in [0, 0.05) is 22.0 Å². The standard InChI is InChI=1S/C19H18BrNO4/c20-13-5-3-11(4-6-13)18(22)14-9-16-17(25-8-7-24-16)10-15(14)21-19(23)12-1-2-12/h3-6,9-10,12,18,22H,1-2,7-8H2,(H,21,23)/t18-/m1/s1. The Morgan fingerprint density at radius 1 is 1.12 bits per heavy atom. The van der Waals surface area contributed by atoms with Gasteiger partial charge in [-0.25, -0.2) is 0 Å². The summed E-state index contributed by atoms with van der Waals surface area (Å²) in [5.41, 5.74) is 1.90. The number of amides is 1. The van der Waals surface area contributed by atoms with E-state index in [1.807, 2.05) is 24.3 Å². The summed E-state index contributed by atoms with van der Waals surface area (Å²) in [6.45, 7) is 0.937. The van der Waals surface area contributed by atoms with Crippen molar-refractivity contribution in [2.45, 2.75) is 18.9 Å². The predicted octanol–water partition coefficient (Wildman–Crippen LogP) is 3.65. The molecule has 130 valence electrons. The zero-order valence-corrected chi connectivity index (χ0v) is 15.1. The highest BCUT2D eigenvalue weighted by molar-refractivity contribution is 9.10. The first-order valence-electron chi connectivity index (χ1n) is 8.30. The van der Waals surface area contributed by atoms with Gasteiger partial charge < -0.3 is 19.9 Å². The lowest BCUT2D eigenvalue weighted by Crippen LogP contribution is -2.19. The van der Waals surface area contributed by atoms with Crippen LogP contribution in [-0.2, 0) is 4.79 Å². The molecule has 2 N–H and O–H groups in total. The molecule has 6 heteroatoms.